The van der Waals surface area contributed by atoms with Gasteiger partial charge in [-0.3, -0.25) is 4.84 Å². The molecule has 0 aliphatic carbocycles. The zero-order valence-electron chi connectivity index (χ0n) is 6.53. The molecule has 0 spiro atoms. The average molecular weight is 184 g/mol. The van der Waals surface area contributed by atoms with Gasteiger partial charge < -0.3 is 0 Å². The smallest absolute Gasteiger partial charge is 0.104 e. The molecule has 1 aromatic rings. The molecule has 0 radical (unpaired) electrons. The lowest BCUT2D eigenvalue weighted by molar-refractivity contribution is 0.166. The molecule has 3 heteroatoms. The Morgan fingerprint density at radius 2 is 2.08 bits per heavy atom. The van der Waals surface area contributed by atoms with Crippen LogP contribution in [0.15, 0.2) is 35.4 Å². The molecule has 0 aromatic heterocycles. The number of hydrogen-bond acceptors (Lipinski definition) is 2. The summed E-state index contributed by atoms with van der Waals surface area (Å²) in [6, 6.07) is 9.75. The highest BCUT2D eigenvalue weighted by molar-refractivity contribution is 6.31. The van der Waals surface area contributed by atoms with Gasteiger partial charge in [-0.2, -0.15) is 0 Å². The van der Waals surface area contributed by atoms with E-state index in [1.54, 1.807) is 0 Å². The topological polar surface area (TPSA) is 35.2 Å². The van der Waals surface area contributed by atoms with Gasteiger partial charge in [0.2, 0.25) is 0 Å². The molecule has 2 N–H and O–H groups in total. The molecule has 0 aliphatic rings. The minimum Gasteiger partial charge on any atom is -0.299 e. The molecule has 64 valence electrons. The Morgan fingerprint density at radius 1 is 1.42 bits per heavy atom. The normalized spacial score (nSPS) is 11.7. The molecule has 0 bridgehead atoms. The van der Waals surface area contributed by atoms with Gasteiger partial charge in [-0.15, -0.1) is 0 Å². The van der Waals surface area contributed by atoms with E-state index >= 15 is 0 Å². The maximum absolute atomic E-state index is 5.77. The second-order valence-electron chi connectivity index (χ2n) is 2.31. The van der Waals surface area contributed by atoms with Crippen molar-refractivity contribution in [3.63, 3.8) is 0 Å². The van der Waals surface area contributed by atoms with Crippen molar-refractivity contribution < 1.29 is 4.84 Å². The fourth-order valence-electron chi connectivity index (χ4n) is 0.851. The van der Waals surface area contributed by atoms with Gasteiger partial charge in [0.1, 0.15) is 6.61 Å². The maximum Gasteiger partial charge on any atom is 0.104 e. The van der Waals surface area contributed by atoms with Crippen molar-refractivity contribution in [2.45, 2.75) is 0 Å². The third kappa shape index (κ3) is 3.05. The first-order valence-electron chi connectivity index (χ1n) is 3.55. The first-order chi connectivity index (χ1) is 5.83. The third-order valence-corrected chi connectivity index (χ3v) is 1.56. The van der Waals surface area contributed by atoms with Crippen LogP contribution in [0.3, 0.4) is 0 Å². The van der Waals surface area contributed by atoms with E-state index in [1.807, 2.05) is 36.4 Å². The molecular formula is C9H10ClNO. The lowest BCUT2D eigenvalue weighted by Gasteiger charge is -1.95. The van der Waals surface area contributed by atoms with Crippen molar-refractivity contribution in [2.75, 3.05) is 6.61 Å². The second-order valence-corrected chi connectivity index (χ2v) is 2.80. The lowest BCUT2D eigenvalue weighted by atomic mass is 10.2. The minimum atomic E-state index is 0.246. The zero-order chi connectivity index (χ0) is 8.81. The first-order valence-corrected chi connectivity index (χ1v) is 3.93. The lowest BCUT2D eigenvalue weighted by Crippen LogP contribution is -2.00. The van der Waals surface area contributed by atoms with Crippen LogP contribution in [0.25, 0.3) is 6.08 Å². The van der Waals surface area contributed by atoms with E-state index in [0.717, 1.165) is 5.56 Å². The SMILES string of the molecule is NOC/C(Cl)=C/c1ccccc1. The van der Waals surface area contributed by atoms with Crippen molar-refractivity contribution in [3.05, 3.63) is 40.9 Å². The van der Waals surface area contributed by atoms with Crippen molar-refractivity contribution in [1.82, 2.24) is 0 Å². The largest absolute Gasteiger partial charge is 0.299 e. The highest BCUT2D eigenvalue weighted by atomic mass is 35.5. The molecule has 0 unspecified atom stereocenters. The number of benzene rings is 1. The highest BCUT2D eigenvalue weighted by Gasteiger charge is 1.91. The molecule has 12 heavy (non-hydrogen) atoms. The van der Waals surface area contributed by atoms with Crippen LogP contribution in [-0.2, 0) is 4.84 Å². The number of halogens is 1. The van der Waals surface area contributed by atoms with Crippen molar-refractivity contribution in [2.24, 2.45) is 5.90 Å². The van der Waals surface area contributed by atoms with Crippen LogP contribution in [0.4, 0.5) is 0 Å². The summed E-state index contributed by atoms with van der Waals surface area (Å²) in [6.07, 6.45) is 1.81. The van der Waals surface area contributed by atoms with Gasteiger partial charge in [0, 0.05) is 5.03 Å². The van der Waals surface area contributed by atoms with Crippen LogP contribution in [-0.4, -0.2) is 6.61 Å². The quantitative estimate of drug-likeness (QED) is 0.729. The molecule has 1 rings (SSSR count). The van der Waals surface area contributed by atoms with Gasteiger partial charge in [0.05, 0.1) is 0 Å². The number of nitrogens with two attached hydrogens (primary N) is 1. The van der Waals surface area contributed by atoms with Crippen LogP contribution in [0.1, 0.15) is 5.56 Å². The van der Waals surface area contributed by atoms with Crippen molar-refractivity contribution >= 4 is 17.7 Å². The average Bonchev–Trinajstić information content (AvgIpc) is 2.06. The summed E-state index contributed by atoms with van der Waals surface area (Å²) >= 11 is 5.77. The molecule has 0 atom stereocenters. The Balaban J connectivity index is 2.67. The fraction of sp³-hybridized carbons (Fsp3) is 0.111. The zero-order valence-corrected chi connectivity index (χ0v) is 7.29. The Bertz CT molecular complexity index is 258. The van der Waals surface area contributed by atoms with Crippen molar-refractivity contribution in [1.29, 1.82) is 0 Å². The van der Waals surface area contributed by atoms with Gasteiger partial charge in [-0.1, -0.05) is 41.9 Å². The number of rotatable bonds is 3. The monoisotopic (exact) mass is 183 g/mol. The van der Waals surface area contributed by atoms with E-state index in [1.165, 1.54) is 0 Å². The van der Waals surface area contributed by atoms with Crippen LogP contribution in [0, 0.1) is 0 Å². The Labute approximate surface area is 76.5 Å². The first kappa shape index (κ1) is 9.26. The molecule has 0 heterocycles. The molecular weight excluding hydrogens is 174 g/mol. The summed E-state index contributed by atoms with van der Waals surface area (Å²) in [4.78, 5) is 4.38. The summed E-state index contributed by atoms with van der Waals surface area (Å²) in [5.41, 5.74) is 1.04. The molecule has 0 fully saturated rings. The van der Waals surface area contributed by atoms with Gasteiger partial charge in [-0.05, 0) is 11.6 Å². The van der Waals surface area contributed by atoms with E-state index in [4.69, 9.17) is 17.5 Å². The summed E-state index contributed by atoms with van der Waals surface area (Å²) in [7, 11) is 0. The van der Waals surface area contributed by atoms with Gasteiger partial charge >= 0.3 is 0 Å². The van der Waals surface area contributed by atoms with Crippen molar-refractivity contribution in [3.8, 4) is 0 Å². The molecule has 1 aromatic carbocycles. The van der Waals surface area contributed by atoms with E-state index in [2.05, 4.69) is 4.84 Å². The van der Waals surface area contributed by atoms with Gasteiger partial charge in [-0.25, -0.2) is 5.90 Å². The summed E-state index contributed by atoms with van der Waals surface area (Å²) in [5.74, 6) is 4.86. The molecule has 0 amide bonds. The predicted molar refractivity (Wildman–Crippen MR) is 50.4 cm³/mol. The van der Waals surface area contributed by atoms with E-state index in [-0.39, 0.29) is 6.61 Å². The van der Waals surface area contributed by atoms with Gasteiger partial charge in [0.25, 0.3) is 0 Å². The van der Waals surface area contributed by atoms with E-state index in [9.17, 15) is 0 Å². The van der Waals surface area contributed by atoms with Crippen LogP contribution in [0.2, 0.25) is 0 Å². The van der Waals surface area contributed by atoms with Gasteiger partial charge in [0.15, 0.2) is 0 Å². The Kier molecular flexibility index (Phi) is 3.80. The minimum absolute atomic E-state index is 0.246. The fourth-order valence-corrected chi connectivity index (χ4v) is 1.04. The Hall–Kier alpha value is -0.830. The maximum atomic E-state index is 5.77. The summed E-state index contributed by atoms with van der Waals surface area (Å²) in [5, 5.41) is 0.587. The molecule has 0 saturated heterocycles. The predicted octanol–water partition coefficient (Wildman–Crippen LogP) is 2.16. The standard InChI is InChI=1S/C9H10ClNO/c10-9(7-12-11)6-8-4-2-1-3-5-8/h1-6H,7,11H2/b9-6-. The van der Waals surface area contributed by atoms with Crippen LogP contribution < -0.4 is 5.90 Å². The molecule has 0 aliphatic heterocycles. The number of hydrogen-bond donors (Lipinski definition) is 1. The summed E-state index contributed by atoms with van der Waals surface area (Å²) < 4.78 is 0. The summed E-state index contributed by atoms with van der Waals surface area (Å²) in [6.45, 7) is 0.246. The van der Waals surface area contributed by atoms with E-state index in [0.29, 0.717) is 5.03 Å². The third-order valence-electron chi connectivity index (χ3n) is 1.34. The van der Waals surface area contributed by atoms with Crippen LogP contribution >= 0.6 is 11.6 Å². The van der Waals surface area contributed by atoms with E-state index < -0.39 is 0 Å². The molecule has 0 saturated carbocycles. The van der Waals surface area contributed by atoms with Crippen LogP contribution in [0.5, 0.6) is 0 Å². The molecule has 2 nitrogen and oxygen atoms in total. The second kappa shape index (κ2) is 4.93. The highest BCUT2D eigenvalue weighted by Crippen LogP contribution is 2.09. The Morgan fingerprint density at radius 3 is 2.67 bits per heavy atom.